The van der Waals surface area contributed by atoms with E-state index in [1.165, 1.54) is 38.5 Å². The number of para-hydroxylation sites is 1. The van der Waals surface area contributed by atoms with Crippen molar-refractivity contribution < 1.29 is 14.6 Å². The van der Waals surface area contributed by atoms with Crippen LogP contribution in [-0.2, 0) is 17.8 Å². The first kappa shape index (κ1) is 25.3. The van der Waals surface area contributed by atoms with E-state index in [-0.39, 0.29) is 12.5 Å². The Bertz CT molecular complexity index is 794. The van der Waals surface area contributed by atoms with Gasteiger partial charge in [0.25, 0.3) is 0 Å². The fourth-order valence-electron chi connectivity index (χ4n) is 3.58. The van der Waals surface area contributed by atoms with Crippen LogP contribution in [0.25, 0.3) is 0 Å². The molecular formula is C26H37NO3S. The van der Waals surface area contributed by atoms with E-state index in [9.17, 15) is 9.90 Å². The molecule has 0 aliphatic carbocycles. The molecule has 31 heavy (non-hydrogen) atoms. The topological polar surface area (TPSA) is 58.6 Å². The van der Waals surface area contributed by atoms with Crippen molar-refractivity contribution in [1.29, 1.82) is 0 Å². The van der Waals surface area contributed by atoms with Crippen molar-refractivity contribution >= 4 is 24.2 Å². The lowest BCUT2D eigenvalue weighted by atomic mass is 10.1. The molecule has 5 heteroatoms. The lowest BCUT2D eigenvalue weighted by molar-refractivity contribution is -0.116. The Labute approximate surface area is 192 Å². The largest absolute Gasteiger partial charge is 0.457 e. The van der Waals surface area contributed by atoms with Gasteiger partial charge in [-0.1, -0.05) is 63.6 Å². The van der Waals surface area contributed by atoms with E-state index in [4.69, 9.17) is 4.74 Å². The van der Waals surface area contributed by atoms with Crippen LogP contribution in [0.3, 0.4) is 0 Å². The monoisotopic (exact) mass is 443 g/mol. The lowest BCUT2D eigenvalue weighted by Gasteiger charge is -2.14. The minimum Gasteiger partial charge on any atom is -0.457 e. The van der Waals surface area contributed by atoms with E-state index in [0.717, 1.165) is 36.3 Å². The lowest BCUT2D eigenvalue weighted by Crippen LogP contribution is -2.11. The molecule has 0 saturated heterocycles. The quantitative estimate of drug-likeness (QED) is 0.207. The van der Waals surface area contributed by atoms with E-state index in [0.29, 0.717) is 23.4 Å². The number of unbranched alkanes of at least 4 members (excludes halogenated alkanes) is 7. The van der Waals surface area contributed by atoms with E-state index in [2.05, 4.69) is 24.9 Å². The Morgan fingerprint density at radius 3 is 2.23 bits per heavy atom. The second kappa shape index (κ2) is 14.9. The fraction of sp³-hybridized carbons (Fsp3) is 0.500. The molecule has 2 aromatic carbocycles. The molecule has 0 aliphatic heterocycles. The first-order valence-electron chi connectivity index (χ1n) is 11.6. The van der Waals surface area contributed by atoms with Gasteiger partial charge < -0.3 is 15.2 Å². The van der Waals surface area contributed by atoms with Crippen molar-refractivity contribution in [2.45, 2.75) is 77.7 Å². The maximum Gasteiger partial charge on any atom is 0.224 e. The second-order valence-electron chi connectivity index (χ2n) is 7.89. The number of aliphatic hydroxyl groups excluding tert-OH is 1. The molecule has 0 aliphatic rings. The number of aryl methyl sites for hydroxylation is 1. The van der Waals surface area contributed by atoms with E-state index in [1.807, 2.05) is 30.3 Å². The summed E-state index contributed by atoms with van der Waals surface area (Å²) in [5, 5.41) is 12.7. The number of rotatable bonds is 15. The molecule has 1 amide bonds. The average molecular weight is 444 g/mol. The van der Waals surface area contributed by atoms with E-state index < -0.39 is 0 Å². The third kappa shape index (κ3) is 9.36. The highest BCUT2D eigenvalue weighted by Gasteiger charge is 2.10. The first-order valence-corrected chi connectivity index (χ1v) is 12.2. The highest BCUT2D eigenvalue weighted by Crippen LogP contribution is 2.30. The summed E-state index contributed by atoms with van der Waals surface area (Å²) in [4.78, 5) is 12.3. The van der Waals surface area contributed by atoms with Crippen LogP contribution in [0.15, 0.2) is 42.5 Å². The number of aliphatic hydroxyl groups is 1. The van der Waals surface area contributed by atoms with Gasteiger partial charge in [-0.3, -0.25) is 4.79 Å². The number of ether oxygens (including phenoxy) is 1. The predicted octanol–water partition coefficient (Wildman–Crippen LogP) is 6.91. The van der Waals surface area contributed by atoms with Crippen molar-refractivity contribution in [3.63, 3.8) is 0 Å². The maximum absolute atomic E-state index is 12.3. The summed E-state index contributed by atoms with van der Waals surface area (Å²) in [6.45, 7) is 1.93. The number of hydrogen-bond donors (Lipinski definition) is 3. The SMILES string of the molecule is CCc1ccccc1Oc1ccc(NC(=O)CCCCCCCCCCS)cc1CO. The molecular weight excluding hydrogens is 406 g/mol. The van der Waals surface area contributed by atoms with Gasteiger partial charge in [0.1, 0.15) is 11.5 Å². The molecule has 0 radical (unpaired) electrons. The number of carbonyl (C=O) groups excluding carboxylic acids is 1. The molecule has 2 N–H and O–H groups in total. The number of benzene rings is 2. The normalized spacial score (nSPS) is 10.8. The van der Waals surface area contributed by atoms with Crippen LogP contribution in [0.4, 0.5) is 5.69 Å². The number of anilines is 1. The van der Waals surface area contributed by atoms with Crippen LogP contribution in [0, 0.1) is 0 Å². The zero-order valence-electron chi connectivity index (χ0n) is 18.7. The number of hydrogen-bond acceptors (Lipinski definition) is 4. The molecule has 4 nitrogen and oxygen atoms in total. The molecule has 2 rings (SSSR count). The number of carbonyl (C=O) groups is 1. The average Bonchev–Trinajstić information content (AvgIpc) is 2.79. The van der Waals surface area contributed by atoms with Gasteiger partial charge in [-0.2, -0.15) is 12.6 Å². The summed E-state index contributed by atoms with van der Waals surface area (Å²) >= 11 is 4.23. The van der Waals surface area contributed by atoms with Crippen LogP contribution in [0.1, 0.15) is 75.8 Å². The smallest absolute Gasteiger partial charge is 0.224 e. The second-order valence-corrected chi connectivity index (χ2v) is 8.34. The summed E-state index contributed by atoms with van der Waals surface area (Å²) in [7, 11) is 0. The fourth-order valence-corrected chi connectivity index (χ4v) is 3.80. The third-order valence-electron chi connectivity index (χ3n) is 5.40. The summed E-state index contributed by atoms with van der Waals surface area (Å²) in [5.41, 5.74) is 2.46. The molecule has 170 valence electrons. The van der Waals surface area contributed by atoms with Gasteiger partial charge in [0, 0.05) is 17.7 Å². The van der Waals surface area contributed by atoms with Crippen molar-refractivity contribution in [2.75, 3.05) is 11.1 Å². The first-order chi connectivity index (χ1) is 15.2. The van der Waals surface area contributed by atoms with Gasteiger partial charge in [-0.05, 0) is 54.8 Å². The standard InChI is InChI=1S/C26H37NO3S/c1-2-21-13-10-11-14-24(21)30-25-17-16-23(19-22(25)20-28)27-26(29)15-9-7-5-3-4-6-8-12-18-31/h10-11,13-14,16-17,19,28,31H,2-9,12,15,18,20H2,1H3,(H,27,29). The summed E-state index contributed by atoms with van der Waals surface area (Å²) < 4.78 is 6.04. The molecule has 2 aromatic rings. The molecule has 0 fully saturated rings. The van der Waals surface area contributed by atoms with Crippen LogP contribution in [-0.4, -0.2) is 16.8 Å². The van der Waals surface area contributed by atoms with E-state index >= 15 is 0 Å². The Hall–Kier alpha value is -1.98. The number of thiol groups is 1. The van der Waals surface area contributed by atoms with Gasteiger partial charge in [0.2, 0.25) is 5.91 Å². The number of nitrogens with one attached hydrogen (secondary N) is 1. The Kier molecular flexibility index (Phi) is 12.2. The van der Waals surface area contributed by atoms with Gasteiger partial charge in [0.15, 0.2) is 0 Å². The Balaban J connectivity index is 1.77. The van der Waals surface area contributed by atoms with Gasteiger partial charge in [-0.25, -0.2) is 0 Å². The van der Waals surface area contributed by atoms with Crippen molar-refractivity contribution in [3.05, 3.63) is 53.6 Å². The third-order valence-corrected chi connectivity index (χ3v) is 5.72. The summed E-state index contributed by atoms with van der Waals surface area (Å²) in [6.07, 6.45) is 10.9. The van der Waals surface area contributed by atoms with Gasteiger partial charge in [0.05, 0.1) is 6.61 Å². The van der Waals surface area contributed by atoms with Crippen LogP contribution in [0.2, 0.25) is 0 Å². The summed E-state index contributed by atoms with van der Waals surface area (Å²) in [5.74, 6) is 2.40. The maximum atomic E-state index is 12.3. The highest BCUT2D eigenvalue weighted by atomic mass is 32.1. The Morgan fingerprint density at radius 2 is 1.55 bits per heavy atom. The molecule has 0 atom stereocenters. The zero-order valence-corrected chi connectivity index (χ0v) is 19.6. The zero-order chi connectivity index (χ0) is 22.3. The van der Waals surface area contributed by atoms with E-state index in [1.54, 1.807) is 12.1 Å². The predicted molar refractivity (Wildman–Crippen MR) is 132 cm³/mol. The molecule has 0 aromatic heterocycles. The van der Waals surface area contributed by atoms with Crippen LogP contribution >= 0.6 is 12.6 Å². The Morgan fingerprint density at radius 1 is 0.903 bits per heavy atom. The molecule has 0 saturated carbocycles. The van der Waals surface area contributed by atoms with Gasteiger partial charge in [-0.15, -0.1) is 0 Å². The molecule has 0 heterocycles. The molecule has 0 unspecified atom stereocenters. The van der Waals surface area contributed by atoms with Crippen molar-refractivity contribution in [3.8, 4) is 11.5 Å². The number of amides is 1. The van der Waals surface area contributed by atoms with Crippen molar-refractivity contribution in [1.82, 2.24) is 0 Å². The van der Waals surface area contributed by atoms with Crippen LogP contribution < -0.4 is 10.1 Å². The van der Waals surface area contributed by atoms with Crippen molar-refractivity contribution in [2.24, 2.45) is 0 Å². The van der Waals surface area contributed by atoms with Gasteiger partial charge >= 0.3 is 0 Å². The molecule has 0 spiro atoms. The highest BCUT2D eigenvalue weighted by molar-refractivity contribution is 7.80. The summed E-state index contributed by atoms with van der Waals surface area (Å²) in [6, 6.07) is 13.3. The minimum atomic E-state index is -0.151. The minimum absolute atomic E-state index is 0.0164. The molecule has 0 bridgehead atoms. The van der Waals surface area contributed by atoms with Crippen LogP contribution in [0.5, 0.6) is 11.5 Å².